The van der Waals surface area contributed by atoms with Crippen molar-refractivity contribution in [3.63, 3.8) is 0 Å². The molecule has 1 saturated carbocycles. The maximum Gasteiger partial charge on any atom is 0.0124 e. The fourth-order valence-electron chi connectivity index (χ4n) is 1.36. The molecule has 0 spiro atoms. The van der Waals surface area contributed by atoms with Crippen LogP contribution < -0.4 is 10.6 Å². The Morgan fingerprint density at radius 1 is 1.36 bits per heavy atom. The molecule has 0 aromatic heterocycles. The Labute approximate surface area is 69.8 Å². The van der Waals surface area contributed by atoms with E-state index in [9.17, 15) is 0 Å². The number of hydrogen-bond donors (Lipinski definition) is 2. The van der Waals surface area contributed by atoms with Crippen molar-refractivity contribution in [3.05, 3.63) is 0 Å². The minimum Gasteiger partial charge on any atom is -0.320 e. The predicted molar refractivity (Wildman–Crippen MR) is 48.7 cm³/mol. The molecule has 1 aliphatic rings. The van der Waals surface area contributed by atoms with Crippen LogP contribution in [0.15, 0.2) is 0 Å². The van der Waals surface area contributed by atoms with E-state index < -0.39 is 0 Å². The summed E-state index contributed by atoms with van der Waals surface area (Å²) in [6.07, 6.45) is 2.59. The zero-order valence-corrected chi connectivity index (χ0v) is 7.91. The summed E-state index contributed by atoms with van der Waals surface area (Å²) in [5.41, 5.74) is 0.583. The minimum atomic E-state index is 0.583. The van der Waals surface area contributed by atoms with Gasteiger partial charge < -0.3 is 10.6 Å². The van der Waals surface area contributed by atoms with E-state index in [1.807, 2.05) is 7.05 Å². The van der Waals surface area contributed by atoms with Crippen LogP contribution in [0.25, 0.3) is 0 Å². The molecule has 0 heterocycles. The average Bonchev–Trinajstić information content (AvgIpc) is 2.52. The van der Waals surface area contributed by atoms with E-state index in [4.69, 9.17) is 0 Å². The molecule has 0 aromatic carbocycles. The van der Waals surface area contributed by atoms with Crippen LogP contribution in [0.1, 0.15) is 26.7 Å². The zero-order valence-electron chi connectivity index (χ0n) is 7.91. The topological polar surface area (TPSA) is 24.1 Å². The van der Waals surface area contributed by atoms with Crippen LogP contribution >= 0.6 is 0 Å². The highest BCUT2D eigenvalue weighted by atomic mass is 15.0. The Kier molecular flexibility index (Phi) is 2.90. The lowest BCUT2D eigenvalue weighted by molar-refractivity contribution is 0.530. The molecule has 11 heavy (non-hydrogen) atoms. The summed E-state index contributed by atoms with van der Waals surface area (Å²) in [5, 5.41) is 6.68. The lowest BCUT2D eigenvalue weighted by atomic mass is 10.2. The molecule has 2 heteroatoms. The van der Waals surface area contributed by atoms with Crippen LogP contribution in [0.2, 0.25) is 0 Å². The molecule has 1 atom stereocenters. The number of rotatable bonds is 5. The van der Waals surface area contributed by atoms with Crippen molar-refractivity contribution in [1.82, 2.24) is 10.6 Å². The van der Waals surface area contributed by atoms with Crippen LogP contribution in [-0.2, 0) is 0 Å². The monoisotopic (exact) mass is 156 g/mol. The smallest absolute Gasteiger partial charge is 0.0124 e. The normalized spacial score (nSPS) is 27.0. The fourth-order valence-corrected chi connectivity index (χ4v) is 1.36. The number of nitrogens with one attached hydrogen (secondary N) is 2. The van der Waals surface area contributed by atoms with E-state index in [-0.39, 0.29) is 0 Å². The van der Waals surface area contributed by atoms with Gasteiger partial charge in [0.2, 0.25) is 0 Å². The highest BCUT2D eigenvalue weighted by molar-refractivity contribution is 5.01. The van der Waals surface area contributed by atoms with Crippen LogP contribution in [0.4, 0.5) is 0 Å². The second kappa shape index (κ2) is 3.55. The van der Waals surface area contributed by atoms with Gasteiger partial charge in [0, 0.05) is 6.04 Å². The van der Waals surface area contributed by atoms with Crippen molar-refractivity contribution in [2.45, 2.75) is 32.7 Å². The Morgan fingerprint density at radius 2 is 2.00 bits per heavy atom. The summed E-state index contributed by atoms with van der Waals surface area (Å²) in [6.45, 7) is 6.93. The maximum absolute atomic E-state index is 3.54. The minimum absolute atomic E-state index is 0.583. The summed E-state index contributed by atoms with van der Waals surface area (Å²) in [4.78, 5) is 0. The first-order chi connectivity index (χ1) is 5.17. The van der Waals surface area contributed by atoms with Gasteiger partial charge in [-0.2, -0.15) is 0 Å². The Hall–Kier alpha value is -0.0800. The molecular formula is C9H20N2. The molecule has 0 bridgehead atoms. The maximum atomic E-state index is 3.54. The van der Waals surface area contributed by atoms with E-state index in [0.29, 0.717) is 5.41 Å². The standard InChI is InChI=1S/C9H20N2/c1-9(2)7-8(9)11-6-4-5-10-3/h8,10-11H,4-7H2,1-3H3. The van der Waals surface area contributed by atoms with E-state index in [2.05, 4.69) is 24.5 Å². The first kappa shape index (κ1) is 9.01. The highest BCUT2D eigenvalue weighted by Gasteiger charge is 2.44. The molecule has 0 aliphatic heterocycles. The third kappa shape index (κ3) is 2.80. The first-order valence-corrected chi connectivity index (χ1v) is 4.55. The van der Waals surface area contributed by atoms with Gasteiger partial charge in [0.15, 0.2) is 0 Å². The second-order valence-electron chi connectivity index (χ2n) is 4.16. The van der Waals surface area contributed by atoms with Gasteiger partial charge in [-0.25, -0.2) is 0 Å². The van der Waals surface area contributed by atoms with Gasteiger partial charge in [-0.3, -0.25) is 0 Å². The average molecular weight is 156 g/mol. The Balaban J connectivity index is 1.90. The third-order valence-corrected chi connectivity index (χ3v) is 2.51. The van der Waals surface area contributed by atoms with Crippen molar-refractivity contribution in [1.29, 1.82) is 0 Å². The van der Waals surface area contributed by atoms with E-state index in [0.717, 1.165) is 19.1 Å². The van der Waals surface area contributed by atoms with Crippen molar-refractivity contribution in [2.75, 3.05) is 20.1 Å². The molecule has 0 amide bonds. The molecule has 0 radical (unpaired) electrons. The molecule has 0 saturated heterocycles. The molecule has 1 unspecified atom stereocenters. The second-order valence-corrected chi connectivity index (χ2v) is 4.16. The first-order valence-electron chi connectivity index (χ1n) is 4.55. The van der Waals surface area contributed by atoms with Gasteiger partial charge in [0.25, 0.3) is 0 Å². The van der Waals surface area contributed by atoms with Gasteiger partial charge in [0.05, 0.1) is 0 Å². The van der Waals surface area contributed by atoms with Crippen molar-refractivity contribution in [3.8, 4) is 0 Å². The SMILES string of the molecule is CNCCCNC1CC1(C)C. The van der Waals surface area contributed by atoms with Crippen molar-refractivity contribution in [2.24, 2.45) is 5.41 Å². The largest absolute Gasteiger partial charge is 0.320 e. The Bertz CT molecular complexity index is 121. The molecule has 2 nitrogen and oxygen atoms in total. The molecular weight excluding hydrogens is 136 g/mol. The molecule has 66 valence electrons. The molecule has 1 fully saturated rings. The van der Waals surface area contributed by atoms with Crippen molar-refractivity contribution < 1.29 is 0 Å². The number of hydrogen-bond acceptors (Lipinski definition) is 2. The van der Waals surface area contributed by atoms with Crippen LogP contribution in [0.3, 0.4) is 0 Å². The lowest BCUT2D eigenvalue weighted by Gasteiger charge is -2.05. The lowest BCUT2D eigenvalue weighted by Crippen LogP contribution is -2.24. The summed E-state index contributed by atoms with van der Waals surface area (Å²) in [5.74, 6) is 0. The van der Waals surface area contributed by atoms with Gasteiger partial charge in [-0.05, 0) is 38.4 Å². The van der Waals surface area contributed by atoms with Crippen LogP contribution in [0, 0.1) is 5.41 Å². The van der Waals surface area contributed by atoms with Gasteiger partial charge >= 0.3 is 0 Å². The highest BCUT2D eigenvalue weighted by Crippen LogP contribution is 2.44. The van der Waals surface area contributed by atoms with Gasteiger partial charge in [-0.1, -0.05) is 13.8 Å². The quantitative estimate of drug-likeness (QED) is 0.580. The molecule has 1 aliphatic carbocycles. The van der Waals surface area contributed by atoms with Crippen LogP contribution in [0.5, 0.6) is 0 Å². The third-order valence-electron chi connectivity index (χ3n) is 2.51. The van der Waals surface area contributed by atoms with Crippen LogP contribution in [-0.4, -0.2) is 26.2 Å². The molecule has 2 N–H and O–H groups in total. The van der Waals surface area contributed by atoms with E-state index in [1.54, 1.807) is 0 Å². The zero-order chi connectivity index (χ0) is 8.32. The summed E-state index contributed by atoms with van der Waals surface area (Å²) < 4.78 is 0. The van der Waals surface area contributed by atoms with Gasteiger partial charge in [0.1, 0.15) is 0 Å². The van der Waals surface area contributed by atoms with E-state index in [1.165, 1.54) is 12.8 Å². The molecule has 1 rings (SSSR count). The summed E-state index contributed by atoms with van der Waals surface area (Å²) in [6, 6.07) is 0.791. The predicted octanol–water partition coefficient (Wildman–Crippen LogP) is 0.984. The Morgan fingerprint density at radius 3 is 2.45 bits per heavy atom. The van der Waals surface area contributed by atoms with Crippen molar-refractivity contribution >= 4 is 0 Å². The fraction of sp³-hybridized carbons (Fsp3) is 1.00. The van der Waals surface area contributed by atoms with E-state index >= 15 is 0 Å². The van der Waals surface area contributed by atoms with Gasteiger partial charge in [-0.15, -0.1) is 0 Å². The summed E-state index contributed by atoms with van der Waals surface area (Å²) >= 11 is 0. The summed E-state index contributed by atoms with van der Waals surface area (Å²) in [7, 11) is 2.00. The molecule has 0 aromatic rings.